The first kappa shape index (κ1) is 11.7. The minimum atomic E-state index is -0.276. The van der Waals surface area contributed by atoms with Gasteiger partial charge in [0.1, 0.15) is 22.4 Å². The summed E-state index contributed by atoms with van der Waals surface area (Å²) in [5.74, 6) is 1.24. The van der Waals surface area contributed by atoms with Gasteiger partial charge in [-0.3, -0.25) is 4.79 Å². The van der Waals surface area contributed by atoms with E-state index in [1.807, 2.05) is 19.1 Å². The molecule has 2 aromatic rings. The summed E-state index contributed by atoms with van der Waals surface area (Å²) in [6.07, 6.45) is 0. The SMILES string of the molecule is Cc1ccc(CNC(=O)c2cccc(Cl)n2)o1. The summed E-state index contributed by atoms with van der Waals surface area (Å²) in [7, 11) is 0. The number of aryl methyl sites for hydroxylation is 1. The quantitative estimate of drug-likeness (QED) is 0.852. The van der Waals surface area contributed by atoms with Crippen LogP contribution in [0.5, 0.6) is 0 Å². The Kier molecular flexibility index (Phi) is 3.44. The topological polar surface area (TPSA) is 55.1 Å². The van der Waals surface area contributed by atoms with Crippen LogP contribution in [0.15, 0.2) is 34.7 Å². The lowest BCUT2D eigenvalue weighted by molar-refractivity contribution is 0.0943. The molecule has 0 unspecified atom stereocenters. The molecular weight excluding hydrogens is 240 g/mol. The molecule has 0 bridgehead atoms. The normalized spacial score (nSPS) is 10.2. The van der Waals surface area contributed by atoms with Crippen LogP contribution in [0.2, 0.25) is 5.15 Å². The van der Waals surface area contributed by atoms with Crippen molar-refractivity contribution in [3.05, 3.63) is 52.7 Å². The molecule has 0 atom stereocenters. The lowest BCUT2D eigenvalue weighted by Crippen LogP contribution is -2.23. The predicted molar refractivity (Wildman–Crippen MR) is 63.9 cm³/mol. The van der Waals surface area contributed by atoms with Gasteiger partial charge in [-0.05, 0) is 31.2 Å². The highest BCUT2D eigenvalue weighted by atomic mass is 35.5. The van der Waals surface area contributed by atoms with E-state index in [2.05, 4.69) is 10.3 Å². The van der Waals surface area contributed by atoms with Gasteiger partial charge in [-0.25, -0.2) is 4.98 Å². The molecule has 17 heavy (non-hydrogen) atoms. The van der Waals surface area contributed by atoms with Gasteiger partial charge in [-0.1, -0.05) is 17.7 Å². The summed E-state index contributed by atoms with van der Waals surface area (Å²) >= 11 is 5.70. The maximum atomic E-state index is 11.7. The minimum Gasteiger partial charge on any atom is -0.465 e. The van der Waals surface area contributed by atoms with E-state index >= 15 is 0 Å². The number of nitrogens with zero attached hydrogens (tertiary/aromatic N) is 1. The summed E-state index contributed by atoms with van der Waals surface area (Å²) in [4.78, 5) is 15.6. The smallest absolute Gasteiger partial charge is 0.270 e. The largest absolute Gasteiger partial charge is 0.465 e. The second-order valence-electron chi connectivity index (χ2n) is 3.54. The van der Waals surface area contributed by atoms with Crippen LogP contribution in [0, 0.1) is 6.92 Å². The Morgan fingerprint density at radius 3 is 2.88 bits per heavy atom. The van der Waals surface area contributed by atoms with Gasteiger partial charge in [0, 0.05) is 0 Å². The number of hydrogen-bond donors (Lipinski definition) is 1. The summed E-state index contributed by atoms with van der Waals surface area (Å²) in [6.45, 7) is 2.19. The molecule has 5 heteroatoms. The van der Waals surface area contributed by atoms with Crippen molar-refractivity contribution in [3.8, 4) is 0 Å². The second kappa shape index (κ2) is 5.01. The summed E-state index contributed by atoms with van der Waals surface area (Å²) in [5, 5.41) is 3.00. The van der Waals surface area contributed by atoms with Crippen molar-refractivity contribution in [1.82, 2.24) is 10.3 Å². The van der Waals surface area contributed by atoms with Gasteiger partial charge in [-0.15, -0.1) is 0 Å². The van der Waals surface area contributed by atoms with Gasteiger partial charge >= 0.3 is 0 Å². The molecule has 2 aromatic heterocycles. The van der Waals surface area contributed by atoms with Crippen molar-refractivity contribution in [3.63, 3.8) is 0 Å². The van der Waals surface area contributed by atoms with Crippen molar-refractivity contribution >= 4 is 17.5 Å². The number of nitrogens with one attached hydrogen (secondary N) is 1. The maximum Gasteiger partial charge on any atom is 0.270 e. The predicted octanol–water partition coefficient (Wildman–Crippen LogP) is 2.57. The zero-order chi connectivity index (χ0) is 12.3. The molecule has 0 spiro atoms. The fourth-order valence-electron chi connectivity index (χ4n) is 1.37. The molecule has 0 aliphatic carbocycles. The summed E-state index contributed by atoms with van der Waals surface area (Å²) < 4.78 is 5.33. The van der Waals surface area contributed by atoms with Crippen LogP contribution >= 0.6 is 11.6 Å². The van der Waals surface area contributed by atoms with Gasteiger partial charge in [0.15, 0.2) is 0 Å². The number of halogens is 1. The first-order chi connectivity index (χ1) is 8.15. The number of carbonyl (C=O) groups excluding carboxylic acids is 1. The van der Waals surface area contributed by atoms with E-state index in [4.69, 9.17) is 16.0 Å². The first-order valence-electron chi connectivity index (χ1n) is 5.11. The van der Waals surface area contributed by atoms with E-state index < -0.39 is 0 Å². The third-order valence-corrected chi connectivity index (χ3v) is 2.38. The summed E-state index contributed by atoms with van der Waals surface area (Å²) in [5.41, 5.74) is 0.292. The molecule has 0 aliphatic heterocycles. The van der Waals surface area contributed by atoms with Crippen LogP contribution < -0.4 is 5.32 Å². The molecule has 2 rings (SSSR count). The van der Waals surface area contributed by atoms with Crippen LogP contribution in [-0.4, -0.2) is 10.9 Å². The van der Waals surface area contributed by atoms with E-state index in [-0.39, 0.29) is 5.91 Å². The standard InChI is InChI=1S/C12H11ClN2O2/c1-8-5-6-9(17-8)7-14-12(16)10-3-2-4-11(13)15-10/h2-6H,7H2,1H3,(H,14,16). The van der Waals surface area contributed by atoms with E-state index in [9.17, 15) is 4.79 Å². The number of pyridine rings is 1. The van der Waals surface area contributed by atoms with Crippen LogP contribution in [-0.2, 0) is 6.54 Å². The van der Waals surface area contributed by atoms with Crippen molar-refractivity contribution < 1.29 is 9.21 Å². The zero-order valence-corrected chi connectivity index (χ0v) is 9.99. The second-order valence-corrected chi connectivity index (χ2v) is 3.93. The van der Waals surface area contributed by atoms with Gasteiger partial charge in [-0.2, -0.15) is 0 Å². The molecule has 0 aliphatic rings. The molecule has 2 heterocycles. The van der Waals surface area contributed by atoms with Gasteiger partial charge < -0.3 is 9.73 Å². The fourth-order valence-corrected chi connectivity index (χ4v) is 1.54. The molecule has 0 radical (unpaired) electrons. The van der Waals surface area contributed by atoms with Crippen LogP contribution in [0.3, 0.4) is 0 Å². The molecule has 0 saturated heterocycles. The first-order valence-corrected chi connectivity index (χ1v) is 5.49. The van der Waals surface area contributed by atoms with Crippen molar-refractivity contribution in [2.24, 2.45) is 0 Å². The number of hydrogen-bond acceptors (Lipinski definition) is 3. The highest BCUT2D eigenvalue weighted by Crippen LogP contribution is 2.07. The van der Waals surface area contributed by atoms with E-state index in [0.717, 1.165) is 5.76 Å². The third kappa shape index (κ3) is 3.07. The Bertz CT molecular complexity index is 537. The van der Waals surface area contributed by atoms with Crippen molar-refractivity contribution in [2.45, 2.75) is 13.5 Å². The molecule has 0 saturated carbocycles. The molecular formula is C12H11ClN2O2. The highest BCUT2D eigenvalue weighted by Gasteiger charge is 2.08. The third-order valence-electron chi connectivity index (χ3n) is 2.17. The number of rotatable bonds is 3. The van der Waals surface area contributed by atoms with Crippen molar-refractivity contribution in [1.29, 1.82) is 0 Å². The Balaban J connectivity index is 1.98. The molecule has 88 valence electrons. The molecule has 4 nitrogen and oxygen atoms in total. The molecule has 1 amide bonds. The fraction of sp³-hybridized carbons (Fsp3) is 0.167. The Hall–Kier alpha value is -1.81. The lowest BCUT2D eigenvalue weighted by atomic mass is 10.3. The molecule has 0 fully saturated rings. The molecule has 1 N–H and O–H groups in total. The van der Waals surface area contributed by atoms with Gasteiger partial charge in [0.25, 0.3) is 5.91 Å². The Labute approximate surface area is 104 Å². The van der Waals surface area contributed by atoms with Crippen LogP contribution in [0.4, 0.5) is 0 Å². The van der Waals surface area contributed by atoms with E-state index in [1.54, 1.807) is 18.2 Å². The van der Waals surface area contributed by atoms with Gasteiger partial charge in [0.2, 0.25) is 0 Å². The number of aromatic nitrogens is 1. The number of carbonyl (C=O) groups is 1. The van der Waals surface area contributed by atoms with E-state index in [1.165, 1.54) is 0 Å². The van der Waals surface area contributed by atoms with E-state index in [0.29, 0.717) is 23.2 Å². The average Bonchev–Trinajstić information content (AvgIpc) is 2.72. The monoisotopic (exact) mass is 250 g/mol. The zero-order valence-electron chi connectivity index (χ0n) is 9.24. The lowest BCUT2D eigenvalue weighted by Gasteiger charge is -2.02. The molecule has 0 aromatic carbocycles. The average molecular weight is 251 g/mol. The summed E-state index contributed by atoms with van der Waals surface area (Å²) in [6, 6.07) is 8.57. The van der Waals surface area contributed by atoms with Crippen LogP contribution in [0.1, 0.15) is 22.0 Å². The highest BCUT2D eigenvalue weighted by molar-refractivity contribution is 6.29. The number of amides is 1. The Morgan fingerprint density at radius 1 is 1.41 bits per heavy atom. The number of furan rings is 1. The van der Waals surface area contributed by atoms with Crippen LogP contribution in [0.25, 0.3) is 0 Å². The van der Waals surface area contributed by atoms with Gasteiger partial charge in [0.05, 0.1) is 6.54 Å². The van der Waals surface area contributed by atoms with Crippen molar-refractivity contribution in [2.75, 3.05) is 0 Å². The Morgan fingerprint density at radius 2 is 2.24 bits per heavy atom. The minimum absolute atomic E-state index is 0.276. The maximum absolute atomic E-state index is 11.7.